The minimum absolute atomic E-state index is 0.154. The number of hydrogen-bond donors (Lipinski definition) is 2. The Kier molecular flexibility index (Phi) is 7.36. The van der Waals surface area contributed by atoms with Gasteiger partial charge in [0, 0.05) is 10.7 Å². The van der Waals surface area contributed by atoms with Gasteiger partial charge in [0.15, 0.2) is 0 Å². The number of hydrogen-bond acceptors (Lipinski definition) is 4. The van der Waals surface area contributed by atoms with E-state index in [4.69, 9.17) is 16.3 Å². The Morgan fingerprint density at radius 1 is 1.19 bits per heavy atom. The van der Waals surface area contributed by atoms with E-state index in [0.717, 1.165) is 5.56 Å². The minimum atomic E-state index is -0.390. The SMILES string of the molecule is COc1ccccc1NC(=O)CSC(C)C(=O)Nc1ccc(C)c(Cl)c1. The van der Waals surface area contributed by atoms with Crippen LogP contribution in [0.5, 0.6) is 5.75 Å². The van der Waals surface area contributed by atoms with Crippen molar-refractivity contribution in [2.75, 3.05) is 23.5 Å². The summed E-state index contributed by atoms with van der Waals surface area (Å²) in [5.74, 6) is 0.367. The molecule has 2 aromatic carbocycles. The van der Waals surface area contributed by atoms with Crippen LogP contribution in [0.3, 0.4) is 0 Å². The average molecular weight is 393 g/mol. The summed E-state index contributed by atoms with van der Waals surface area (Å²) in [4.78, 5) is 24.4. The van der Waals surface area contributed by atoms with E-state index in [9.17, 15) is 9.59 Å². The molecule has 0 spiro atoms. The van der Waals surface area contributed by atoms with Gasteiger partial charge in [0.2, 0.25) is 11.8 Å². The molecule has 138 valence electrons. The number of benzene rings is 2. The van der Waals surface area contributed by atoms with Crippen LogP contribution in [0, 0.1) is 6.92 Å². The lowest BCUT2D eigenvalue weighted by Gasteiger charge is -2.13. The molecular formula is C19H21ClN2O3S. The first-order valence-corrected chi connectivity index (χ1v) is 9.45. The van der Waals surface area contributed by atoms with Gasteiger partial charge >= 0.3 is 0 Å². The first kappa shape index (κ1) is 20.1. The fraction of sp³-hybridized carbons (Fsp3) is 0.263. The fourth-order valence-electron chi connectivity index (χ4n) is 2.13. The molecule has 2 amide bonds. The van der Waals surface area contributed by atoms with E-state index in [1.807, 2.05) is 25.1 Å². The zero-order chi connectivity index (χ0) is 19.1. The molecule has 2 N–H and O–H groups in total. The molecule has 0 aliphatic carbocycles. The number of rotatable bonds is 7. The first-order valence-electron chi connectivity index (χ1n) is 8.02. The lowest BCUT2D eigenvalue weighted by Crippen LogP contribution is -2.25. The van der Waals surface area contributed by atoms with E-state index >= 15 is 0 Å². The minimum Gasteiger partial charge on any atom is -0.495 e. The normalized spacial score (nSPS) is 11.5. The van der Waals surface area contributed by atoms with Crippen molar-refractivity contribution in [2.45, 2.75) is 19.1 Å². The fourth-order valence-corrected chi connectivity index (χ4v) is 2.99. The number of halogens is 1. The van der Waals surface area contributed by atoms with Crippen LogP contribution < -0.4 is 15.4 Å². The maximum atomic E-state index is 12.3. The molecule has 0 saturated carbocycles. The number of methoxy groups -OCH3 is 1. The van der Waals surface area contributed by atoms with Gasteiger partial charge in [-0.1, -0.05) is 29.8 Å². The maximum absolute atomic E-state index is 12.3. The molecule has 1 unspecified atom stereocenters. The van der Waals surface area contributed by atoms with Crippen LogP contribution in [-0.4, -0.2) is 29.9 Å². The topological polar surface area (TPSA) is 67.4 Å². The number of anilines is 2. The molecule has 5 nitrogen and oxygen atoms in total. The second-order valence-corrected chi connectivity index (χ2v) is 7.39. The second kappa shape index (κ2) is 9.50. The van der Waals surface area contributed by atoms with Crippen LogP contribution >= 0.6 is 23.4 Å². The Morgan fingerprint density at radius 3 is 2.62 bits per heavy atom. The lowest BCUT2D eigenvalue weighted by molar-refractivity contribution is -0.115. The Balaban J connectivity index is 1.85. The van der Waals surface area contributed by atoms with Crippen LogP contribution in [0.15, 0.2) is 42.5 Å². The monoisotopic (exact) mass is 392 g/mol. The number of aryl methyl sites for hydroxylation is 1. The van der Waals surface area contributed by atoms with Gasteiger partial charge in [0.1, 0.15) is 5.75 Å². The Labute approximate surface area is 162 Å². The third-order valence-corrected chi connectivity index (χ3v) is 5.20. The predicted molar refractivity (Wildman–Crippen MR) is 108 cm³/mol. The highest BCUT2D eigenvalue weighted by molar-refractivity contribution is 8.01. The molecule has 0 fully saturated rings. The largest absolute Gasteiger partial charge is 0.495 e. The highest BCUT2D eigenvalue weighted by Crippen LogP contribution is 2.24. The molecule has 0 heterocycles. The van der Waals surface area contributed by atoms with Crippen molar-refractivity contribution in [1.82, 2.24) is 0 Å². The number of ether oxygens (including phenoxy) is 1. The second-order valence-electron chi connectivity index (χ2n) is 5.65. The molecule has 26 heavy (non-hydrogen) atoms. The summed E-state index contributed by atoms with van der Waals surface area (Å²) < 4.78 is 5.20. The van der Waals surface area contributed by atoms with Crippen LogP contribution in [0.2, 0.25) is 5.02 Å². The molecule has 1 atom stereocenters. The van der Waals surface area contributed by atoms with E-state index < -0.39 is 5.25 Å². The quantitative estimate of drug-likeness (QED) is 0.734. The number of nitrogens with one attached hydrogen (secondary N) is 2. The number of carbonyl (C=O) groups is 2. The van der Waals surface area contributed by atoms with Crippen molar-refractivity contribution in [3.05, 3.63) is 53.1 Å². The summed E-state index contributed by atoms with van der Waals surface area (Å²) in [5, 5.41) is 5.80. The molecule has 2 rings (SSSR count). The van der Waals surface area contributed by atoms with Gasteiger partial charge in [-0.15, -0.1) is 11.8 Å². The third kappa shape index (κ3) is 5.68. The zero-order valence-corrected chi connectivity index (χ0v) is 16.4. The van der Waals surface area contributed by atoms with E-state index in [1.54, 1.807) is 38.3 Å². The summed E-state index contributed by atoms with van der Waals surface area (Å²) in [7, 11) is 1.55. The summed E-state index contributed by atoms with van der Waals surface area (Å²) in [6.07, 6.45) is 0. The molecule has 0 bridgehead atoms. The van der Waals surface area contributed by atoms with E-state index in [0.29, 0.717) is 22.1 Å². The van der Waals surface area contributed by atoms with Crippen LogP contribution in [0.1, 0.15) is 12.5 Å². The molecule has 0 aliphatic rings. The average Bonchev–Trinajstić information content (AvgIpc) is 2.63. The number of para-hydroxylation sites is 2. The Bertz CT molecular complexity index is 798. The molecule has 0 radical (unpaired) electrons. The molecule has 7 heteroatoms. The van der Waals surface area contributed by atoms with E-state index in [2.05, 4.69) is 10.6 Å². The summed E-state index contributed by atoms with van der Waals surface area (Å²) in [6.45, 7) is 3.65. The van der Waals surface area contributed by atoms with Crippen molar-refractivity contribution >= 4 is 46.6 Å². The van der Waals surface area contributed by atoms with Gasteiger partial charge in [-0.25, -0.2) is 0 Å². The highest BCUT2D eigenvalue weighted by atomic mass is 35.5. The van der Waals surface area contributed by atoms with Gasteiger partial charge in [-0.05, 0) is 43.7 Å². The predicted octanol–water partition coefficient (Wildman–Crippen LogP) is 4.36. The van der Waals surface area contributed by atoms with Gasteiger partial charge in [-0.2, -0.15) is 0 Å². The number of carbonyl (C=O) groups excluding carboxylic acids is 2. The molecule has 0 saturated heterocycles. The third-order valence-electron chi connectivity index (χ3n) is 3.65. The molecular weight excluding hydrogens is 372 g/mol. The summed E-state index contributed by atoms with van der Waals surface area (Å²) >= 11 is 7.32. The number of amides is 2. The highest BCUT2D eigenvalue weighted by Gasteiger charge is 2.16. The first-order chi connectivity index (χ1) is 12.4. The van der Waals surface area contributed by atoms with Crippen molar-refractivity contribution < 1.29 is 14.3 Å². The zero-order valence-electron chi connectivity index (χ0n) is 14.8. The van der Waals surface area contributed by atoms with Crippen molar-refractivity contribution in [3.8, 4) is 5.75 Å². The van der Waals surface area contributed by atoms with Crippen molar-refractivity contribution in [1.29, 1.82) is 0 Å². The molecule has 0 aliphatic heterocycles. The van der Waals surface area contributed by atoms with Gasteiger partial charge < -0.3 is 15.4 Å². The van der Waals surface area contributed by atoms with Crippen LogP contribution in [-0.2, 0) is 9.59 Å². The van der Waals surface area contributed by atoms with E-state index in [-0.39, 0.29) is 17.6 Å². The van der Waals surface area contributed by atoms with Crippen molar-refractivity contribution in [2.24, 2.45) is 0 Å². The summed E-state index contributed by atoms with van der Waals surface area (Å²) in [5.41, 5.74) is 2.18. The smallest absolute Gasteiger partial charge is 0.237 e. The number of thioether (sulfide) groups is 1. The Morgan fingerprint density at radius 2 is 1.92 bits per heavy atom. The van der Waals surface area contributed by atoms with Gasteiger partial charge in [0.25, 0.3) is 0 Å². The van der Waals surface area contributed by atoms with E-state index in [1.165, 1.54) is 11.8 Å². The molecule has 0 aromatic heterocycles. The Hall–Kier alpha value is -2.18. The maximum Gasteiger partial charge on any atom is 0.237 e. The molecule has 2 aromatic rings. The summed E-state index contributed by atoms with van der Waals surface area (Å²) in [6, 6.07) is 12.5. The van der Waals surface area contributed by atoms with Gasteiger partial charge in [0.05, 0.1) is 23.8 Å². The van der Waals surface area contributed by atoms with Crippen LogP contribution in [0.25, 0.3) is 0 Å². The standard InChI is InChI=1S/C19H21ClN2O3S/c1-12-8-9-14(10-15(12)20)21-19(24)13(2)26-11-18(23)22-16-6-4-5-7-17(16)25-3/h4-10,13H,11H2,1-3H3,(H,21,24)(H,22,23). The van der Waals surface area contributed by atoms with Crippen molar-refractivity contribution in [3.63, 3.8) is 0 Å². The lowest BCUT2D eigenvalue weighted by atomic mass is 10.2. The van der Waals surface area contributed by atoms with Crippen LogP contribution in [0.4, 0.5) is 11.4 Å². The van der Waals surface area contributed by atoms with Gasteiger partial charge in [-0.3, -0.25) is 9.59 Å².